The Labute approximate surface area is 169 Å². The minimum atomic E-state index is -0.512. The number of hydrogen-bond donors (Lipinski definition) is 3. The number of ether oxygens (including phenoxy) is 1. The Morgan fingerprint density at radius 1 is 1.37 bits per heavy atom. The van der Waals surface area contributed by atoms with E-state index in [2.05, 4.69) is 15.6 Å². The van der Waals surface area contributed by atoms with E-state index in [9.17, 15) is 9.18 Å². The molecule has 3 aromatic rings. The summed E-state index contributed by atoms with van der Waals surface area (Å²) in [5, 5.41) is 7.13. The molecule has 3 rings (SSSR count). The van der Waals surface area contributed by atoms with Gasteiger partial charge in [0.2, 0.25) is 0 Å². The molecule has 0 aliphatic rings. The number of fused-ring (bicyclic) bond motifs is 1. The predicted octanol–water partition coefficient (Wildman–Crippen LogP) is 5.62. The fourth-order valence-corrected chi connectivity index (χ4v) is 4.12. The molecule has 3 N–H and O–H groups in total. The van der Waals surface area contributed by atoms with Crippen molar-refractivity contribution in [2.75, 3.05) is 17.2 Å². The van der Waals surface area contributed by atoms with Crippen LogP contribution >= 0.6 is 35.2 Å². The maximum atomic E-state index is 13.3. The average Bonchev–Trinajstić information content (AvgIpc) is 3.08. The lowest BCUT2D eigenvalue weighted by Gasteiger charge is -2.12. The maximum Gasteiger partial charge on any atom is 0.356 e. The number of aryl methyl sites for hydroxylation is 2. The number of esters is 1. The first-order valence-corrected chi connectivity index (χ1v) is 9.74. The fraction of sp³-hybridized carbons (Fsp3) is 0.222. The Morgan fingerprint density at radius 2 is 2.11 bits per heavy atom. The molecule has 0 saturated heterocycles. The summed E-state index contributed by atoms with van der Waals surface area (Å²) in [4.78, 5) is 17.5. The van der Waals surface area contributed by atoms with Crippen molar-refractivity contribution >= 4 is 67.8 Å². The summed E-state index contributed by atoms with van der Waals surface area (Å²) in [5.74, 6) is -0.976. The second-order valence-electron chi connectivity index (χ2n) is 5.79. The van der Waals surface area contributed by atoms with Crippen LogP contribution in [0.2, 0.25) is 5.02 Å². The van der Waals surface area contributed by atoms with Crippen molar-refractivity contribution in [2.45, 2.75) is 20.8 Å². The van der Waals surface area contributed by atoms with Crippen LogP contribution in [0.15, 0.2) is 18.2 Å². The number of aromatic amines is 1. The summed E-state index contributed by atoms with van der Waals surface area (Å²) >= 11 is 12.7. The lowest BCUT2D eigenvalue weighted by atomic mass is 10.2. The van der Waals surface area contributed by atoms with Gasteiger partial charge in [0.25, 0.3) is 0 Å². The third kappa shape index (κ3) is 3.92. The van der Waals surface area contributed by atoms with Crippen molar-refractivity contribution in [3.8, 4) is 0 Å². The van der Waals surface area contributed by atoms with E-state index in [1.807, 2.05) is 13.8 Å². The van der Waals surface area contributed by atoms with Crippen molar-refractivity contribution in [1.29, 1.82) is 0 Å². The van der Waals surface area contributed by atoms with Gasteiger partial charge >= 0.3 is 5.97 Å². The van der Waals surface area contributed by atoms with E-state index >= 15 is 0 Å². The summed E-state index contributed by atoms with van der Waals surface area (Å²) in [6.07, 6.45) is 0. The van der Waals surface area contributed by atoms with Gasteiger partial charge in [-0.25, -0.2) is 9.18 Å². The van der Waals surface area contributed by atoms with Gasteiger partial charge in [0.1, 0.15) is 10.6 Å². The van der Waals surface area contributed by atoms with Crippen LogP contribution in [0.1, 0.15) is 27.9 Å². The number of thiophene rings is 1. The lowest BCUT2D eigenvalue weighted by molar-refractivity contribution is 0.0522. The molecule has 27 heavy (non-hydrogen) atoms. The summed E-state index contributed by atoms with van der Waals surface area (Å²) in [7, 11) is 0. The molecule has 0 amide bonds. The minimum Gasteiger partial charge on any atom is -0.461 e. The first kappa shape index (κ1) is 19.6. The van der Waals surface area contributed by atoms with Crippen molar-refractivity contribution < 1.29 is 13.9 Å². The smallest absolute Gasteiger partial charge is 0.356 e. The molecule has 1 aromatic carbocycles. The molecule has 0 bridgehead atoms. The summed E-state index contributed by atoms with van der Waals surface area (Å²) in [6, 6.07) is 4.20. The number of H-pyrrole nitrogens is 1. The van der Waals surface area contributed by atoms with E-state index in [1.54, 1.807) is 18.3 Å². The Balaban J connectivity index is 1.93. The first-order chi connectivity index (χ1) is 12.8. The van der Waals surface area contributed by atoms with E-state index in [1.165, 1.54) is 18.2 Å². The number of carbonyl (C=O) groups is 1. The topological polar surface area (TPSA) is 66.2 Å². The van der Waals surface area contributed by atoms with Gasteiger partial charge < -0.3 is 20.4 Å². The van der Waals surface area contributed by atoms with E-state index in [0.29, 0.717) is 17.1 Å². The van der Waals surface area contributed by atoms with E-state index in [-0.39, 0.29) is 16.7 Å². The minimum absolute atomic E-state index is 0.0108. The Kier molecular flexibility index (Phi) is 5.69. The van der Waals surface area contributed by atoms with Crippen LogP contribution in [-0.4, -0.2) is 22.7 Å². The van der Waals surface area contributed by atoms with Crippen LogP contribution in [0.25, 0.3) is 10.2 Å². The van der Waals surface area contributed by atoms with Crippen LogP contribution in [-0.2, 0) is 4.74 Å². The zero-order valence-electron chi connectivity index (χ0n) is 14.8. The first-order valence-electron chi connectivity index (χ1n) is 8.13. The Bertz CT molecular complexity index is 1050. The average molecular weight is 426 g/mol. The molecule has 0 aliphatic heterocycles. The molecular weight excluding hydrogens is 409 g/mol. The van der Waals surface area contributed by atoms with Crippen LogP contribution in [0, 0.1) is 19.7 Å². The van der Waals surface area contributed by atoms with Gasteiger partial charge in [0, 0.05) is 16.0 Å². The number of aromatic nitrogens is 1. The van der Waals surface area contributed by atoms with Gasteiger partial charge in [0.05, 0.1) is 17.3 Å². The second kappa shape index (κ2) is 7.84. The van der Waals surface area contributed by atoms with E-state index < -0.39 is 11.8 Å². The van der Waals surface area contributed by atoms with Gasteiger partial charge in [-0.3, -0.25) is 0 Å². The van der Waals surface area contributed by atoms with Crippen molar-refractivity contribution in [3.63, 3.8) is 0 Å². The highest BCUT2D eigenvalue weighted by Crippen LogP contribution is 2.38. The molecule has 0 saturated carbocycles. The monoisotopic (exact) mass is 425 g/mol. The molecule has 5 nitrogen and oxygen atoms in total. The summed E-state index contributed by atoms with van der Waals surface area (Å²) < 4.78 is 18.5. The Morgan fingerprint density at radius 3 is 2.78 bits per heavy atom. The number of anilines is 2. The van der Waals surface area contributed by atoms with Crippen LogP contribution in [0.3, 0.4) is 0 Å². The van der Waals surface area contributed by atoms with Gasteiger partial charge in [0.15, 0.2) is 10.8 Å². The van der Waals surface area contributed by atoms with Crippen LogP contribution < -0.4 is 10.6 Å². The van der Waals surface area contributed by atoms with Gasteiger partial charge in [-0.1, -0.05) is 11.6 Å². The number of thiocarbonyl (C=S) groups is 1. The maximum absolute atomic E-state index is 13.3. The molecule has 0 unspecified atom stereocenters. The second-order valence-corrected chi connectivity index (χ2v) is 7.83. The number of hydrogen-bond acceptors (Lipinski definition) is 4. The molecule has 0 radical (unpaired) electrons. The van der Waals surface area contributed by atoms with Crippen molar-refractivity contribution in [3.05, 3.63) is 45.2 Å². The van der Waals surface area contributed by atoms with Gasteiger partial charge in [-0.2, -0.15) is 0 Å². The molecule has 2 aromatic heterocycles. The standard InChI is InChI=1S/C18H17ClFN3O2S2/c1-4-25-17(24)15-14(13-8(2)9(3)27-16(13)22-15)23-18(26)21-10-5-6-12(20)11(19)7-10/h5-7,22H,4H2,1-3H3,(H2,21,23,26). The third-order valence-corrected chi connectivity index (χ3v) is 5.64. The zero-order valence-corrected chi connectivity index (χ0v) is 17.2. The third-order valence-electron chi connectivity index (χ3n) is 4.02. The molecule has 2 heterocycles. The van der Waals surface area contributed by atoms with E-state index in [4.69, 9.17) is 28.6 Å². The quantitative estimate of drug-likeness (QED) is 0.373. The highest BCUT2D eigenvalue weighted by atomic mass is 35.5. The fourth-order valence-electron chi connectivity index (χ4n) is 2.65. The van der Waals surface area contributed by atoms with Gasteiger partial charge in [-0.15, -0.1) is 11.3 Å². The van der Waals surface area contributed by atoms with E-state index in [0.717, 1.165) is 20.7 Å². The van der Waals surface area contributed by atoms with Crippen LogP contribution in [0.5, 0.6) is 0 Å². The molecule has 0 fully saturated rings. The molecule has 0 atom stereocenters. The number of halogens is 2. The molecule has 0 aliphatic carbocycles. The van der Waals surface area contributed by atoms with Crippen molar-refractivity contribution in [1.82, 2.24) is 4.98 Å². The molecule has 142 valence electrons. The van der Waals surface area contributed by atoms with Crippen LogP contribution in [0.4, 0.5) is 15.8 Å². The molecular formula is C18H17ClFN3O2S2. The molecule has 0 spiro atoms. The molecule has 9 heteroatoms. The Hall–Kier alpha value is -2.16. The number of rotatable bonds is 4. The highest BCUT2D eigenvalue weighted by Gasteiger charge is 2.23. The predicted molar refractivity (Wildman–Crippen MR) is 113 cm³/mol. The SMILES string of the molecule is CCOC(=O)c1[nH]c2sc(C)c(C)c2c1NC(=S)Nc1ccc(F)c(Cl)c1. The van der Waals surface area contributed by atoms with Crippen molar-refractivity contribution in [2.24, 2.45) is 0 Å². The largest absolute Gasteiger partial charge is 0.461 e. The zero-order chi connectivity index (χ0) is 19.7. The normalized spacial score (nSPS) is 10.9. The lowest BCUT2D eigenvalue weighted by Crippen LogP contribution is -2.21. The summed E-state index contributed by atoms with van der Waals surface area (Å²) in [5.41, 5.74) is 2.44. The highest BCUT2D eigenvalue weighted by molar-refractivity contribution is 7.80. The number of benzene rings is 1. The number of carbonyl (C=O) groups excluding carboxylic acids is 1. The number of nitrogens with one attached hydrogen (secondary N) is 3. The summed E-state index contributed by atoms with van der Waals surface area (Å²) in [6.45, 7) is 6.01. The van der Waals surface area contributed by atoms with Gasteiger partial charge in [-0.05, 0) is 56.8 Å².